The summed E-state index contributed by atoms with van der Waals surface area (Å²) in [4.78, 5) is 13.4. The Bertz CT molecular complexity index is 763. The number of halogens is 1. The van der Waals surface area contributed by atoms with Gasteiger partial charge in [-0.3, -0.25) is 4.79 Å². The van der Waals surface area contributed by atoms with Gasteiger partial charge in [-0.05, 0) is 55.8 Å². The summed E-state index contributed by atoms with van der Waals surface area (Å²) in [5.74, 6) is 6.15. The van der Waals surface area contributed by atoms with Crippen LogP contribution in [0.5, 0.6) is 5.75 Å². The van der Waals surface area contributed by atoms with Crippen LogP contribution in [-0.4, -0.2) is 19.2 Å². The summed E-state index contributed by atoms with van der Waals surface area (Å²) in [6.07, 6.45) is 0. The van der Waals surface area contributed by atoms with E-state index in [1.807, 2.05) is 55.5 Å². The monoisotopic (exact) mass is 418 g/mol. The molecule has 0 aliphatic carbocycles. The zero-order valence-electron chi connectivity index (χ0n) is 14.1. The predicted octanol–water partition coefficient (Wildman–Crippen LogP) is 5.25. The second-order valence-corrected chi connectivity index (χ2v) is 7.09. The van der Waals surface area contributed by atoms with Gasteiger partial charge >= 0.3 is 5.97 Å². The maximum Gasteiger partial charge on any atom is 0.323 e. The van der Waals surface area contributed by atoms with E-state index < -0.39 is 5.25 Å². The van der Waals surface area contributed by atoms with E-state index >= 15 is 0 Å². The largest absolute Gasteiger partial charge is 0.481 e. The van der Waals surface area contributed by atoms with Crippen molar-refractivity contribution in [1.29, 1.82) is 0 Å². The first-order chi connectivity index (χ1) is 12.1. The Morgan fingerprint density at radius 1 is 1.24 bits per heavy atom. The lowest BCUT2D eigenvalue weighted by atomic mass is 10.1. The smallest absolute Gasteiger partial charge is 0.323 e. The van der Waals surface area contributed by atoms with Crippen LogP contribution in [0.2, 0.25) is 0 Å². The molecule has 0 aromatic heterocycles. The minimum absolute atomic E-state index is 0.246. The second-order valence-electron chi connectivity index (χ2n) is 4.99. The van der Waals surface area contributed by atoms with Gasteiger partial charge in [0.2, 0.25) is 0 Å². The average Bonchev–Trinajstić information content (AvgIpc) is 2.61. The molecule has 0 spiro atoms. The van der Waals surface area contributed by atoms with Crippen molar-refractivity contribution in [3.8, 4) is 17.6 Å². The third-order valence-electron chi connectivity index (χ3n) is 3.22. The minimum atomic E-state index is -0.421. The van der Waals surface area contributed by atoms with E-state index in [1.165, 1.54) is 11.8 Å². The van der Waals surface area contributed by atoms with Gasteiger partial charge in [0.05, 0.1) is 6.61 Å². The van der Waals surface area contributed by atoms with E-state index in [0.717, 1.165) is 20.7 Å². The molecule has 130 valence electrons. The van der Waals surface area contributed by atoms with Gasteiger partial charge in [-0.1, -0.05) is 34.0 Å². The number of ether oxygens (including phenoxy) is 2. The van der Waals surface area contributed by atoms with Crippen LogP contribution in [0.25, 0.3) is 0 Å². The van der Waals surface area contributed by atoms with E-state index in [0.29, 0.717) is 13.2 Å². The fraction of sp³-hybridized carbons (Fsp3) is 0.250. The molecule has 0 N–H and O–H groups in total. The summed E-state index contributed by atoms with van der Waals surface area (Å²) in [6.45, 7) is 4.31. The van der Waals surface area contributed by atoms with Gasteiger partial charge in [-0.25, -0.2) is 0 Å². The molecule has 0 amide bonds. The van der Waals surface area contributed by atoms with Crippen molar-refractivity contribution < 1.29 is 14.3 Å². The molecule has 2 aromatic rings. The van der Waals surface area contributed by atoms with Gasteiger partial charge < -0.3 is 9.47 Å². The SMILES string of the molecule is CC#CCOc1ccc(SC(C(=O)OCC)c2cccc(Br)c2)cc1. The number of esters is 1. The molecular formula is C20H19BrO3S. The van der Waals surface area contributed by atoms with Gasteiger partial charge in [0.1, 0.15) is 17.6 Å². The number of carbonyl (C=O) groups is 1. The Morgan fingerprint density at radius 2 is 2.00 bits per heavy atom. The number of carbonyl (C=O) groups excluding carboxylic acids is 1. The van der Waals surface area contributed by atoms with Gasteiger partial charge in [-0.2, -0.15) is 0 Å². The molecular weight excluding hydrogens is 400 g/mol. The van der Waals surface area contributed by atoms with Gasteiger partial charge in [0.15, 0.2) is 0 Å². The lowest BCUT2D eigenvalue weighted by Crippen LogP contribution is -2.13. The molecule has 0 aliphatic rings. The maximum atomic E-state index is 12.4. The van der Waals surface area contributed by atoms with E-state index in [1.54, 1.807) is 6.92 Å². The van der Waals surface area contributed by atoms with Gasteiger partial charge in [0.25, 0.3) is 0 Å². The van der Waals surface area contributed by atoms with Crippen LogP contribution in [0.1, 0.15) is 24.7 Å². The Labute approximate surface area is 161 Å². The van der Waals surface area contributed by atoms with Crippen molar-refractivity contribution in [3.05, 3.63) is 58.6 Å². The van der Waals surface area contributed by atoms with Crippen LogP contribution in [0, 0.1) is 11.8 Å². The lowest BCUT2D eigenvalue weighted by Gasteiger charge is -2.16. The number of hydrogen-bond donors (Lipinski definition) is 0. The molecule has 0 heterocycles. The molecule has 0 radical (unpaired) electrons. The number of rotatable bonds is 7. The van der Waals surface area contributed by atoms with Crippen molar-refractivity contribution >= 4 is 33.7 Å². The van der Waals surface area contributed by atoms with Crippen LogP contribution in [0.3, 0.4) is 0 Å². The van der Waals surface area contributed by atoms with Crippen LogP contribution in [-0.2, 0) is 9.53 Å². The zero-order chi connectivity index (χ0) is 18.1. The number of thioether (sulfide) groups is 1. The standard InChI is InChI=1S/C20H19BrO3S/c1-3-5-13-24-17-9-11-18(12-10-17)25-19(20(22)23-4-2)15-7-6-8-16(21)14-15/h6-12,14,19H,4,13H2,1-2H3. The summed E-state index contributed by atoms with van der Waals surface area (Å²) < 4.78 is 11.7. The fourth-order valence-corrected chi connectivity index (χ4v) is 3.51. The molecule has 0 saturated heterocycles. The Kier molecular flexibility index (Phi) is 7.90. The Morgan fingerprint density at radius 3 is 2.64 bits per heavy atom. The molecule has 0 bridgehead atoms. The zero-order valence-corrected chi connectivity index (χ0v) is 16.5. The highest BCUT2D eigenvalue weighted by Crippen LogP contribution is 2.37. The highest BCUT2D eigenvalue weighted by molar-refractivity contribution is 9.10. The molecule has 0 fully saturated rings. The lowest BCUT2D eigenvalue weighted by molar-refractivity contribution is -0.142. The first-order valence-corrected chi connectivity index (χ1v) is 9.52. The quantitative estimate of drug-likeness (QED) is 0.349. The summed E-state index contributed by atoms with van der Waals surface area (Å²) in [5, 5.41) is -0.421. The third kappa shape index (κ3) is 6.15. The van der Waals surface area contributed by atoms with Crippen LogP contribution in [0.4, 0.5) is 0 Å². The minimum Gasteiger partial charge on any atom is -0.481 e. The summed E-state index contributed by atoms with van der Waals surface area (Å²) >= 11 is 4.91. The van der Waals surface area contributed by atoms with Crippen molar-refractivity contribution in [2.75, 3.05) is 13.2 Å². The molecule has 25 heavy (non-hydrogen) atoms. The number of benzene rings is 2. The molecule has 2 rings (SSSR count). The third-order valence-corrected chi connectivity index (χ3v) is 4.96. The van der Waals surface area contributed by atoms with Crippen molar-refractivity contribution in [2.45, 2.75) is 24.0 Å². The molecule has 3 nitrogen and oxygen atoms in total. The van der Waals surface area contributed by atoms with Crippen molar-refractivity contribution in [3.63, 3.8) is 0 Å². The first kappa shape index (κ1) is 19.4. The predicted molar refractivity (Wildman–Crippen MR) is 105 cm³/mol. The molecule has 2 aromatic carbocycles. The topological polar surface area (TPSA) is 35.5 Å². The van der Waals surface area contributed by atoms with Crippen LogP contribution >= 0.6 is 27.7 Å². The van der Waals surface area contributed by atoms with E-state index in [2.05, 4.69) is 27.8 Å². The molecule has 0 aliphatic heterocycles. The average molecular weight is 419 g/mol. The van der Waals surface area contributed by atoms with E-state index in [4.69, 9.17) is 9.47 Å². The number of hydrogen-bond acceptors (Lipinski definition) is 4. The highest BCUT2D eigenvalue weighted by atomic mass is 79.9. The van der Waals surface area contributed by atoms with Crippen molar-refractivity contribution in [2.24, 2.45) is 0 Å². The fourth-order valence-electron chi connectivity index (χ4n) is 2.08. The molecule has 1 unspecified atom stereocenters. The van der Waals surface area contributed by atoms with Crippen LogP contribution in [0.15, 0.2) is 57.9 Å². The maximum absolute atomic E-state index is 12.4. The van der Waals surface area contributed by atoms with Gasteiger partial charge in [0, 0.05) is 9.37 Å². The Balaban J connectivity index is 2.15. The van der Waals surface area contributed by atoms with Crippen LogP contribution < -0.4 is 4.74 Å². The molecule has 1 atom stereocenters. The van der Waals surface area contributed by atoms with E-state index in [-0.39, 0.29) is 5.97 Å². The summed E-state index contributed by atoms with van der Waals surface area (Å²) in [5.41, 5.74) is 0.899. The highest BCUT2D eigenvalue weighted by Gasteiger charge is 2.23. The molecule has 5 heteroatoms. The summed E-state index contributed by atoms with van der Waals surface area (Å²) in [7, 11) is 0. The van der Waals surface area contributed by atoms with E-state index in [9.17, 15) is 4.79 Å². The Hall–Kier alpha value is -1.90. The van der Waals surface area contributed by atoms with Crippen molar-refractivity contribution in [1.82, 2.24) is 0 Å². The first-order valence-electron chi connectivity index (χ1n) is 7.85. The summed E-state index contributed by atoms with van der Waals surface area (Å²) in [6, 6.07) is 15.3. The van der Waals surface area contributed by atoms with Gasteiger partial charge in [-0.15, -0.1) is 17.7 Å². The second kappa shape index (κ2) is 10.2. The molecule has 0 saturated carbocycles. The normalized spacial score (nSPS) is 11.2.